The van der Waals surface area contributed by atoms with Gasteiger partial charge in [-0.15, -0.1) is 0 Å². The van der Waals surface area contributed by atoms with E-state index in [1.165, 1.54) is 0 Å². The van der Waals surface area contributed by atoms with Crippen molar-refractivity contribution in [1.29, 1.82) is 0 Å². The third-order valence-electron chi connectivity index (χ3n) is 4.50. The SMILES string of the molecule is COc1ccc(C)cc1NC(=O)Cc1c(C)n(C)c2ccccc12. The van der Waals surface area contributed by atoms with Gasteiger partial charge in [-0.05, 0) is 43.2 Å². The maximum absolute atomic E-state index is 12.6. The Morgan fingerprint density at radius 3 is 2.67 bits per heavy atom. The summed E-state index contributed by atoms with van der Waals surface area (Å²) in [5, 5.41) is 4.11. The van der Waals surface area contributed by atoms with Crippen molar-refractivity contribution in [3.8, 4) is 5.75 Å². The molecule has 3 rings (SSSR count). The van der Waals surface area contributed by atoms with E-state index in [0.29, 0.717) is 17.9 Å². The molecule has 1 heterocycles. The number of nitrogens with zero attached hydrogens (tertiary/aromatic N) is 1. The van der Waals surface area contributed by atoms with Crippen LogP contribution in [0.5, 0.6) is 5.75 Å². The van der Waals surface area contributed by atoms with E-state index in [9.17, 15) is 4.79 Å². The van der Waals surface area contributed by atoms with Gasteiger partial charge in [0.1, 0.15) is 5.75 Å². The minimum Gasteiger partial charge on any atom is -0.495 e. The first-order chi connectivity index (χ1) is 11.5. The number of para-hydroxylation sites is 1. The third kappa shape index (κ3) is 2.87. The second-order valence-electron chi connectivity index (χ2n) is 6.07. The molecule has 0 aliphatic heterocycles. The van der Waals surface area contributed by atoms with Crippen LogP contribution in [0.3, 0.4) is 0 Å². The quantitative estimate of drug-likeness (QED) is 0.789. The normalized spacial score (nSPS) is 10.8. The molecule has 1 amide bonds. The Hall–Kier alpha value is -2.75. The molecule has 124 valence electrons. The average Bonchev–Trinajstić information content (AvgIpc) is 2.80. The van der Waals surface area contributed by atoms with Crippen molar-refractivity contribution < 1.29 is 9.53 Å². The number of ether oxygens (including phenoxy) is 1. The van der Waals surface area contributed by atoms with Crippen LogP contribution in [0, 0.1) is 13.8 Å². The summed E-state index contributed by atoms with van der Waals surface area (Å²) >= 11 is 0. The highest BCUT2D eigenvalue weighted by atomic mass is 16.5. The smallest absolute Gasteiger partial charge is 0.228 e. The Labute approximate surface area is 142 Å². The van der Waals surface area contributed by atoms with Gasteiger partial charge in [0.15, 0.2) is 0 Å². The molecule has 4 heteroatoms. The fraction of sp³-hybridized carbons (Fsp3) is 0.250. The largest absolute Gasteiger partial charge is 0.495 e. The van der Waals surface area contributed by atoms with Gasteiger partial charge in [0.05, 0.1) is 19.2 Å². The number of benzene rings is 2. The van der Waals surface area contributed by atoms with Gasteiger partial charge in [-0.25, -0.2) is 0 Å². The first kappa shape index (κ1) is 16.1. The molecule has 0 saturated carbocycles. The predicted molar refractivity (Wildman–Crippen MR) is 97.7 cm³/mol. The van der Waals surface area contributed by atoms with Crippen molar-refractivity contribution in [2.45, 2.75) is 20.3 Å². The zero-order chi connectivity index (χ0) is 17.3. The fourth-order valence-electron chi connectivity index (χ4n) is 3.10. The van der Waals surface area contributed by atoms with Crippen LogP contribution in [-0.4, -0.2) is 17.6 Å². The van der Waals surface area contributed by atoms with Crippen molar-refractivity contribution in [1.82, 2.24) is 4.57 Å². The Kier molecular flexibility index (Phi) is 4.30. The Balaban J connectivity index is 1.89. The monoisotopic (exact) mass is 322 g/mol. The van der Waals surface area contributed by atoms with Crippen molar-refractivity contribution >= 4 is 22.5 Å². The molecule has 0 spiro atoms. The van der Waals surface area contributed by atoms with Crippen LogP contribution in [-0.2, 0) is 18.3 Å². The minimum atomic E-state index is -0.0432. The van der Waals surface area contributed by atoms with E-state index in [-0.39, 0.29) is 5.91 Å². The standard InChI is InChI=1S/C20H22N2O2/c1-13-9-10-19(24-4)17(11-13)21-20(23)12-16-14(2)22(3)18-8-6-5-7-15(16)18/h5-11H,12H2,1-4H3,(H,21,23). The second-order valence-corrected chi connectivity index (χ2v) is 6.07. The van der Waals surface area contributed by atoms with Gasteiger partial charge in [-0.3, -0.25) is 4.79 Å². The van der Waals surface area contributed by atoms with Gasteiger partial charge in [-0.1, -0.05) is 24.3 Å². The number of anilines is 1. The molecule has 4 nitrogen and oxygen atoms in total. The first-order valence-corrected chi connectivity index (χ1v) is 7.98. The molecule has 24 heavy (non-hydrogen) atoms. The molecular weight excluding hydrogens is 300 g/mol. The summed E-state index contributed by atoms with van der Waals surface area (Å²) in [4.78, 5) is 12.6. The van der Waals surface area contributed by atoms with Crippen LogP contribution < -0.4 is 10.1 Å². The number of amides is 1. The minimum absolute atomic E-state index is 0.0432. The van der Waals surface area contributed by atoms with Crippen molar-refractivity contribution in [2.24, 2.45) is 7.05 Å². The van der Waals surface area contributed by atoms with Crippen LogP contribution in [0.4, 0.5) is 5.69 Å². The van der Waals surface area contributed by atoms with Gasteiger partial charge < -0.3 is 14.6 Å². The van der Waals surface area contributed by atoms with Gasteiger partial charge >= 0.3 is 0 Å². The lowest BCUT2D eigenvalue weighted by Crippen LogP contribution is -2.15. The van der Waals surface area contributed by atoms with Gasteiger partial charge in [0.2, 0.25) is 5.91 Å². The summed E-state index contributed by atoms with van der Waals surface area (Å²) < 4.78 is 7.46. The van der Waals surface area contributed by atoms with Crippen molar-refractivity contribution in [3.05, 3.63) is 59.3 Å². The van der Waals surface area contributed by atoms with Crippen LogP contribution in [0.2, 0.25) is 0 Å². The summed E-state index contributed by atoms with van der Waals surface area (Å²) in [6.07, 6.45) is 0.338. The van der Waals surface area contributed by atoms with E-state index in [1.807, 2.05) is 44.3 Å². The Morgan fingerprint density at radius 2 is 1.92 bits per heavy atom. The lowest BCUT2D eigenvalue weighted by Gasteiger charge is -2.11. The summed E-state index contributed by atoms with van der Waals surface area (Å²) in [7, 11) is 3.64. The van der Waals surface area contributed by atoms with E-state index in [4.69, 9.17) is 4.74 Å². The molecule has 0 fully saturated rings. The van der Waals surface area contributed by atoms with Gasteiger partial charge in [0, 0.05) is 23.6 Å². The molecular formula is C20H22N2O2. The zero-order valence-electron chi connectivity index (χ0n) is 14.5. The number of carbonyl (C=O) groups is 1. The number of aryl methyl sites for hydroxylation is 2. The van der Waals surface area contributed by atoms with Crippen LogP contribution in [0.15, 0.2) is 42.5 Å². The van der Waals surface area contributed by atoms with E-state index in [1.54, 1.807) is 7.11 Å². The summed E-state index contributed by atoms with van der Waals surface area (Å²) in [6.45, 7) is 4.04. The van der Waals surface area contributed by atoms with E-state index >= 15 is 0 Å². The summed E-state index contributed by atoms with van der Waals surface area (Å²) in [6, 6.07) is 13.9. The fourth-order valence-corrected chi connectivity index (χ4v) is 3.10. The summed E-state index contributed by atoms with van der Waals surface area (Å²) in [5.41, 5.74) is 5.11. The first-order valence-electron chi connectivity index (χ1n) is 7.98. The number of carbonyl (C=O) groups excluding carboxylic acids is 1. The number of nitrogens with one attached hydrogen (secondary N) is 1. The molecule has 0 bridgehead atoms. The molecule has 3 aromatic rings. The lowest BCUT2D eigenvalue weighted by atomic mass is 10.1. The highest BCUT2D eigenvalue weighted by Crippen LogP contribution is 2.28. The highest BCUT2D eigenvalue weighted by Gasteiger charge is 2.15. The molecule has 1 aromatic heterocycles. The molecule has 0 atom stereocenters. The van der Waals surface area contributed by atoms with Crippen LogP contribution in [0.1, 0.15) is 16.8 Å². The van der Waals surface area contributed by atoms with Crippen LogP contribution in [0.25, 0.3) is 10.9 Å². The van der Waals surface area contributed by atoms with Crippen molar-refractivity contribution in [2.75, 3.05) is 12.4 Å². The van der Waals surface area contributed by atoms with Crippen molar-refractivity contribution in [3.63, 3.8) is 0 Å². The maximum atomic E-state index is 12.6. The highest BCUT2D eigenvalue weighted by molar-refractivity contribution is 5.97. The third-order valence-corrected chi connectivity index (χ3v) is 4.50. The Bertz CT molecular complexity index is 909. The molecule has 0 unspecified atom stereocenters. The predicted octanol–water partition coefficient (Wildman–Crippen LogP) is 3.98. The number of rotatable bonds is 4. The summed E-state index contributed by atoms with van der Waals surface area (Å²) in [5.74, 6) is 0.627. The molecule has 0 saturated heterocycles. The van der Waals surface area contributed by atoms with Gasteiger partial charge in [-0.2, -0.15) is 0 Å². The molecule has 0 aliphatic rings. The topological polar surface area (TPSA) is 43.3 Å². The Morgan fingerprint density at radius 1 is 1.17 bits per heavy atom. The number of methoxy groups -OCH3 is 1. The van der Waals surface area contributed by atoms with Gasteiger partial charge in [0.25, 0.3) is 0 Å². The van der Waals surface area contributed by atoms with E-state index in [2.05, 4.69) is 28.9 Å². The number of aromatic nitrogens is 1. The number of fused-ring (bicyclic) bond motifs is 1. The number of hydrogen-bond donors (Lipinski definition) is 1. The van der Waals surface area contributed by atoms with E-state index in [0.717, 1.165) is 27.7 Å². The van der Waals surface area contributed by atoms with E-state index < -0.39 is 0 Å². The lowest BCUT2D eigenvalue weighted by molar-refractivity contribution is -0.115. The zero-order valence-corrected chi connectivity index (χ0v) is 14.5. The maximum Gasteiger partial charge on any atom is 0.228 e. The molecule has 0 aliphatic carbocycles. The van der Waals surface area contributed by atoms with Crippen LogP contribution >= 0.6 is 0 Å². The molecule has 0 radical (unpaired) electrons. The average molecular weight is 322 g/mol. The second kappa shape index (κ2) is 6.40. The molecule has 2 aromatic carbocycles. The molecule has 1 N–H and O–H groups in total. The number of hydrogen-bond acceptors (Lipinski definition) is 2.